The summed E-state index contributed by atoms with van der Waals surface area (Å²) in [6, 6.07) is 2.55. The molecule has 2 rings (SSSR count). The lowest BCUT2D eigenvalue weighted by Gasteiger charge is -2.30. The number of fused-ring (bicyclic) bond motifs is 1. The molecule has 104 valence electrons. The highest BCUT2D eigenvalue weighted by atomic mass is 32.1. The molecule has 0 aromatic carbocycles. The first kappa shape index (κ1) is 14.1. The minimum Gasteiger partial charge on any atom is -0.368 e. The normalized spacial score (nSPS) is 11.7. The van der Waals surface area contributed by atoms with Gasteiger partial charge in [0, 0.05) is 17.5 Å². The van der Waals surface area contributed by atoms with E-state index in [1.807, 2.05) is 0 Å². The van der Waals surface area contributed by atoms with Gasteiger partial charge in [0.25, 0.3) is 0 Å². The highest BCUT2D eigenvalue weighted by molar-refractivity contribution is 7.18. The first-order chi connectivity index (χ1) is 8.88. The topological polar surface area (TPSA) is 55.0 Å². The zero-order chi connectivity index (χ0) is 14.2. The van der Waals surface area contributed by atoms with Crippen molar-refractivity contribution in [3.05, 3.63) is 10.9 Å². The van der Waals surface area contributed by atoms with Gasteiger partial charge in [-0.3, -0.25) is 0 Å². The van der Waals surface area contributed by atoms with Crippen molar-refractivity contribution >= 4 is 33.3 Å². The second-order valence-corrected chi connectivity index (χ2v) is 6.86. The van der Waals surface area contributed by atoms with Crippen molar-refractivity contribution in [3.8, 4) is 0 Å². The van der Waals surface area contributed by atoms with Crippen LogP contribution in [0, 0.1) is 12.8 Å². The molecule has 5 heteroatoms. The Morgan fingerprint density at radius 3 is 2.53 bits per heavy atom. The van der Waals surface area contributed by atoms with Crippen LogP contribution < -0.4 is 10.6 Å². The van der Waals surface area contributed by atoms with Gasteiger partial charge < -0.3 is 10.6 Å². The van der Waals surface area contributed by atoms with Gasteiger partial charge in [0.1, 0.15) is 10.6 Å². The quantitative estimate of drug-likeness (QED) is 0.930. The van der Waals surface area contributed by atoms with Crippen LogP contribution in [0.2, 0.25) is 0 Å². The Balaban J connectivity index is 2.57. The first-order valence-electron chi connectivity index (χ1n) is 6.68. The summed E-state index contributed by atoms with van der Waals surface area (Å²) in [6.45, 7) is 11.9. The number of nitrogens with two attached hydrogens (primary N) is 1. The van der Waals surface area contributed by atoms with Crippen molar-refractivity contribution in [2.24, 2.45) is 5.92 Å². The van der Waals surface area contributed by atoms with Gasteiger partial charge in [-0.05, 0) is 32.8 Å². The van der Waals surface area contributed by atoms with Gasteiger partial charge in [-0.2, -0.15) is 4.98 Å². The lowest BCUT2D eigenvalue weighted by molar-refractivity contribution is 0.567. The van der Waals surface area contributed by atoms with Crippen molar-refractivity contribution < 1.29 is 0 Å². The third-order valence-corrected chi connectivity index (χ3v) is 3.91. The summed E-state index contributed by atoms with van der Waals surface area (Å²) in [4.78, 5) is 13.4. The highest BCUT2D eigenvalue weighted by Gasteiger charge is 2.19. The molecule has 0 saturated carbocycles. The molecule has 0 fully saturated rings. The third-order valence-electron chi connectivity index (χ3n) is 2.97. The molecule has 0 atom stereocenters. The van der Waals surface area contributed by atoms with Crippen molar-refractivity contribution in [2.45, 2.75) is 40.7 Å². The standard InChI is InChI=1S/C14H22N4S/c1-8(2)7-18(9(3)4)12-11-6-10(5)19-13(11)17-14(15)16-12/h6,8-9H,7H2,1-5H3,(H2,15,16,17). The summed E-state index contributed by atoms with van der Waals surface area (Å²) < 4.78 is 0. The Morgan fingerprint density at radius 1 is 1.26 bits per heavy atom. The predicted molar refractivity (Wildman–Crippen MR) is 83.9 cm³/mol. The van der Waals surface area contributed by atoms with E-state index in [0.717, 1.165) is 22.6 Å². The molecule has 2 aromatic heterocycles. The average Bonchev–Trinajstić information content (AvgIpc) is 2.64. The van der Waals surface area contributed by atoms with E-state index in [4.69, 9.17) is 5.73 Å². The Bertz CT molecular complexity index is 574. The van der Waals surface area contributed by atoms with Crippen molar-refractivity contribution in [1.29, 1.82) is 0 Å². The molecular weight excluding hydrogens is 256 g/mol. The molecule has 0 aliphatic heterocycles. The van der Waals surface area contributed by atoms with Gasteiger partial charge in [0.05, 0.1) is 5.39 Å². The van der Waals surface area contributed by atoms with Crippen molar-refractivity contribution in [1.82, 2.24) is 9.97 Å². The Labute approximate surface area is 118 Å². The first-order valence-corrected chi connectivity index (χ1v) is 7.50. The van der Waals surface area contributed by atoms with Gasteiger partial charge in [0.15, 0.2) is 0 Å². The monoisotopic (exact) mass is 278 g/mol. The fourth-order valence-electron chi connectivity index (χ4n) is 2.20. The Kier molecular flexibility index (Phi) is 3.94. The number of thiophene rings is 1. The van der Waals surface area contributed by atoms with Crippen LogP contribution in [0.5, 0.6) is 0 Å². The number of nitrogens with zero attached hydrogens (tertiary/aromatic N) is 3. The summed E-state index contributed by atoms with van der Waals surface area (Å²) in [6.07, 6.45) is 0. The SMILES string of the molecule is Cc1cc2c(N(CC(C)C)C(C)C)nc(N)nc2s1. The number of anilines is 2. The van der Waals surface area contributed by atoms with Gasteiger partial charge in [-0.15, -0.1) is 11.3 Å². The largest absolute Gasteiger partial charge is 0.368 e. The van der Waals surface area contributed by atoms with Gasteiger partial charge in [-0.1, -0.05) is 13.8 Å². The lowest BCUT2D eigenvalue weighted by atomic mass is 10.1. The van der Waals surface area contributed by atoms with Crippen LogP contribution in [0.1, 0.15) is 32.6 Å². The fraction of sp³-hybridized carbons (Fsp3) is 0.571. The lowest BCUT2D eigenvalue weighted by Crippen LogP contribution is -2.35. The summed E-state index contributed by atoms with van der Waals surface area (Å²) >= 11 is 1.67. The van der Waals surface area contributed by atoms with Crippen molar-refractivity contribution in [2.75, 3.05) is 17.2 Å². The van der Waals surface area contributed by atoms with Crippen LogP contribution in [0.4, 0.5) is 11.8 Å². The molecule has 0 saturated heterocycles. The highest BCUT2D eigenvalue weighted by Crippen LogP contribution is 2.32. The molecule has 0 bridgehead atoms. The molecule has 4 nitrogen and oxygen atoms in total. The molecule has 0 radical (unpaired) electrons. The van der Waals surface area contributed by atoms with E-state index in [0.29, 0.717) is 17.9 Å². The van der Waals surface area contributed by atoms with Crippen molar-refractivity contribution in [3.63, 3.8) is 0 Å². The number of aromatic nitrogens is 2. The van der Waals surface area contributed by atoms with Crippen LogP contribution in [-0.4, -0.2) is 22.6 Å². The summed E-state index contributed by atoms with van der Waals surface area (Å²) in [5.74, 6) is 1.91. The minimum atomic E-state index is 0.360. The molecule has 0 unspecified atom stereocenters. The second-order valence-electron chi connectivity index (χ2n) is 5.62. The van der Waals surface area contributed by atoms with E-state index < -0.39 is 0 Å². The van der Waals surface area contributed by atoms with Crippen LogP contribution >= 0.6 is 11.3 Å². The maximum absolute atomic E-state index is 5.86. The zero-order valence-corrected chi connectivity index (χ0v) is 13.1. The summed E-state index contributed by atoms with van der Waals surface area (Å²) in [7, 11) is 0. The summed E-state index contributed by atoms with van der Waals surface area (Å²) in [5, 5.41) is 1.12. The van der Waals surface area contributed by atoms with E-state index in [-0.39, 0.29) is 0 Å². The van der Waals surface area contributed by atoms with Gasteiger partial charge in [-0.25, -0.2) is 4.98 Å². The maximum atomic E-state index is 5.86. The molecule has 2 aromatic rings. The van der Waals surface area contributed by atoms with Crippen LogP contribution in [0.3, 0.4) is 0 Å². The maximum Gasteiger partial charge on any atom is 0.223 e. The molecule has 2 N–H and O–H groups in total. The van der Waals surface area contributed by atoms with E-state index >= 15 is 0 Å². The third kappa shape index (κ3) is 2.97. The molecule has 2 heterocycles. The number of rotatable bonds is 4. The molecule has 0 spiro atoms. The second kappa shape index (κ2) is 5.33. The predicted octanol–water partition coefficient (Wildman–Crippen LogP) is 3.45. The molecule has 0 aliphatic carbocycles. The number of aryl methyl sites for hydroxylation is 1. The fourth-order valence-corrected chi connectivity index (χ4v) is 3.08. The van der Waals surface area contributed by atoms with Crippen LogP contribution in [-0.2, 0) is 0 Å². The molecule has 19 heavy (non-hydrogen) atoms. The smallest absolute Gasteiger partial charge is 0.223 e. The van der Waals surface area contributed by atoms with Gasteiger partial charge >= 0.3 is 0 Å². The number of nitrogen functional groups attached to an aromatic ring is 1. The zero-order valence-electron chi connectivity index (χ0n) is 12.3. The molecule has 0 amide bonds. The van der Waals surface area contributed by atoms with Crippen LogP contribution in [0.15, 0.2) is 6.07 Å². The van der Waals surface area contributed by atoms with E-state index in [9.17, 15) is 0 Å². The number of hydrogen-bond acceptors (Lipinski definition) is 5. The van der Waals surface area contributed by atoms with Crippen LogP contribution in [0.25, 0.3) is 10.2 Å². The molecular formula is C14H22N4S. The Hall–Kier alpha value is -1.36. The van der Waals surface area contributed by atoms with E-state index in [2.05, 4.69) is 55.6 Å². The molecule has 0 aliphatic rings. The van der Waals surface area contributed by atoms with E-state index in [1.165, 1.54) is 4.88 Å². The average molecular weight is 278 g/mol. The van der Waals surface area contributed by atoms with E-state index in [1.54, 1.807) is 11.3 Å². The number of hydrogen-bond donors (Lipinski definition) is 1. The van der Waals surface area contributed by atoms with Gasteiger partial charge in [0.2, 0.25) is 5.95 Å². The minimum absolute atomic E-state index is 0.360. The Morgan fingerprint density at radius 2 is 1.95 bits per heavy atom. The summed E-state index contributed by atoms with van der Waals surface area (Å²) in [5.41, 5.74) is 5.86.